The maximum absolute atomic E-state index is 11.6. The minimum atomic E-state index is -0.386. The number of phenols is 1. The number of carbonyl (C=O) groups excluding carboxylic acids is 1. The molecule has 22 heavy (non-hydrogen) atoms. The van der Waals surface area contributed by atoms with Crippen molar-refractivity contribution in [1.29, 1.82) is 0 Å². The molecule has 4 heteroatoms. The minimum Gasteiger partial charge on any atom is -0.507 e. The Morgan fingerprint density at radius 3 is 2.59 bits per heavy atom. The van der Waals surface area contributed by atoms with Crippen LogP contribution in [0.1, 0.15) is 23.6 Å². The van der Waals surface area contributed by atoms with E-state index in [1.807, 2.05) is 49.4 Å². The molecule has 0 saturated carbocycles. The van der Waals surface area contributed by atoms with Crippen molar-refractivity contribution in [3.05, 3.63) is 65.2 Å². The summed E-state index contributed by atoms with van der Waals surface area (Å²) >= 11 is 0. The average molecular weight is 297 g/mol. The normalized spacial score (nSPS) is 11.3. The smallest absolute Gasteiger partial charge is 0.327 e. The van der Waals surface area contributed by atoms with Crippen LogP contribution in [0.2, 0.25) is 0 Å². The number of rotatable bonds is 5. The Labute approximate surface area is 130 Å². The summed E-state index contributed by atoms with van der Waals surface area (Å²) in [5, 5.41) is 10.1. The molecule has 0 fully saturated rings. The zero-order chi connectivity index (χ0) is 15.9. The largest absolute Gasteiger partial charge is 0.507 e. The average Bonchev–Trinajstić information content (AvgIpc) is 2.52. The van der Waals surface area contributed by atoms with Gasteiger partial charge in [0, 0.05) is 11.1 Å². The first kappa shape index (κ1) is 15.8. The number of aliphatic imine (C=N–C) groups is 1. The number of esters is 1. The van der Waals surface area contributed by atoms with Crippen LogP contribution in [-0.2, 0) is 9.53 Å². The molecule has 4 nitrogen and oxygen atoms in total. The van der Waals surface area contributed by atoms with Crippen molar-refractivity contribution in [3.8, 4) is 5.75 Å². The van der Waals surface area contributed by atoms with Gasteiger partial charge in [-0.15, -0.1) is 0 Å². The SMILES string of the molecule is CCOC(=O)CN=C(c1ccccc1)c1cc(C)ccc1O. The fourth-order valence-corrected chi connectivity index (χ4v) is 2.12. The third-order valence-corrected chi connectivity index (χ3v) is 3.13. The van der Waals surface area contributed by atoms with Crippen molar-refractivity contribution in [2.45, 2.75) is 13.8 Å². The summed E-state index contributed by atoms with van der Waals surface area (Å²) in [6.45, 7) is 3.94. The van der Waals surface area contributed by atoms with Gasteiger partial charge in [0.2, 0.25) is 0 Å². The van der Waals surface area contributed by atoms with Gasteiger partial charge in [-0.3, -0.25) is 9.79 Å². The molecular weight excluding hydrogens is 278 g/mol. The van der Waals surface area contributed by atoms with E-state index in [2.05, 4.69) is 4.99 Å². The Bertz CT molecular complexity index is 678. The van der Waals surface area contributed by atoms with E-state index in [0.29, 0.717) is 17.9 Å². The summed E-state index contributed by atoms with van der Waals surface area (Å²) in [5.74, 6) is -0.250. The van der Waals surface area contributed by atoms with E-state index in [-0.39, 0.29) is 18.3 Å². The van der Waals surface area contributed by atoms with Crippen LogP contribution in [0.15, 0.2) is 53.5 Å². The molecule has 0 aromatic heterocycles. The number of phenolic OH excluding ortho intramolecular Hbond substituents is 1. The fourth-order valence-electron chi connectivity index (χ4n) is 2.12. The van der Waals surface area contributed by atoms with Crippen molar-refractivity contribution in [2.75, 3.05) is 13.2 Å². The summed E-state index contributed by atoms with van der Waals surface area (Å²) in [7, 11) is 0. The van der Waals surface area contributed by atoms with Crippen molar-refractivity contribution in [3.63, 3.8) is 0 Å². The van der Waals surface area contributed by atoms with E-state index in [1.54, 1.807) is 13.0 Å². The molecule has 0 spiro atoms. The molecule has 0 aliphatic carbocycles. The molecular formula is C18H19NO3. The first-order chi connectivity index (χ1) is 10.6. The first-order valence-electron chi connectivity index (χ1n) is 7.17. The number of carbonyl (C=O) groups is 1. The van der Waals surface area contributed by atoms with Gasteiger partial charge in [0.1, 0.15) is 12.3 Å². The number of ether oxygens (including phenoxy) is 1. The second kappa shape index (κ2) is 7.41. The minimum absolute atomic E-state index is 0.0779. The lowest BCUT2D eigenvalue weighted by Gasteiger charge is -2.10. The Hall–Kier alpha value is -2.62. The molecule has 0 atom stereocenters. The van der Waals surface area contributed by atoms with E-state index in [1.165, 1.54) is 0 Å². The Balaban J connectivity index is 2.44. The van der Waals surface area contributed by atoms with E-state index in [9.17, 15) is 9.90 Å². The Kier molecular flexibility index (Phi) is 5.31. The highest BCUT2D eigenvalue weighted by molar-refractivity contribution is 6.14. The molecule has 1 N–H and O–H groups in total. The Morgan fingerprint density at radius 2 is 1.91 bits per heavy atom. The van der Waals surface area contributed by atoms with Gasteiger partial charge in [-0.1, -0.05) is 42.0 Å². The maximum Gasteiger partial charge on any atom is 0.327 e. The molecule has 0 amide bonds. The lowest BCUT2D eigenvalue weighted by Crippen LogP contribution is -2.12. The van der Waals surface area contributed by atoms with Crippen LogP contribution in [0.3, 0.4) is 0 Å². The summed E-state index contributed by atoms with van der Waals surface area (Å²) in [6.07, 6.45) is 0. The van der Waals surface area contributed by atoms with Gasteiger partial charge >= 0.3 is 5.97 Å². The van der Waals surface area contributed by atoms with E-state index in [4.69, 9.17) is 4.74 Å². The molecule has 2 aromatic carbocycles. The number of benzene rings is 2. The standard InChI is InChI=1S/C18H19NO3/c1-3-22-17(21)12-19-18(14-7-5-4-6-8-14)15-11-13(2)9-10-16(15)20/h4-11,20H,3,12H2,1-2H3. The molecule has 114 valence electrons. The quantitative estimate of drug-likeness (QED) is 0.681. The highest BCUT2D eigenvalue weighted by Crippen LogP contribution is 2.22. The van der Waals surface area contributed by atoms with E-state index >= 15 is 0 Å². The maximum atomic E-state index is 11.6. The number of aromatic hydroxyl groups is 1. The highest BCUT2D eigenvalue weighted by Gasteiger charge is 2.12. The third kappa shape index (κ3) is 3.95. The Morgan fingerprint density at radius 1 is 1.18 bits per heavy atom. The number of aryl methyl sites for hydroxylation is 1. The van der Waals surface area contributed by atoms with Crippen LogP contribution in [-0.4, -0.2) is 29.9 Å². The van der Waals surface area contributed by atoms with Gasteiger partial charge in [-0.25, -0.2) is 0 Å². The fraction of sp³-hybridized carbons (Fsp3) is 0.222. The number of nitrogens with zero attached hydrogens (tertiary/aromatic N) is 1. The highest BCUT2D eigenvalue weighted by atomic mass is 16.5. The van der Waals surface area contributed by atoms with Crippen molar-refractivity contribution in [2.24, 2.45) is 4.99 Å². The molecule has 0 unspecified atom stereocenters. The second-order valence-corrected chi connectivity index (χ2v) is 4.86. The molecule has 2 rings (SSSR count). The van der Waals surface area contributed by atoms with E-state index in [0.717, 1.165) is 11.1 Å². The zero-order valence-corrected chi connectivity index (χ0v) is 12.7. The van der Waals surface area contributed by atoms with Gasteiger partial charge in [-0.2, -0.15) is 0 Å². The van der Waals surface area contributed by atoms with Crippen LogP contribution in [0.25, 0.3) is 0 Å². The summed E-state index contributed by atoms with van der Waals surface area (Å²) < 4.78 is 4.91. The molecule has 0 bridgehead atoms. The topological polar surface area (TPSA) is 58.9 Å². The van der Waals surface area contributed by atoms with Crippen LogP contribution >= 0.6 is 0 Å². The van der Waals surface area contributed by atoms with Gasteiger partial charge in [0.25, 0.3) is 0 Å². The molecule has 0 radical (unpaired) electrons. The van der Waals surface area contributed by atoms with Gasteiger partial charge in [-0.05, 0) is 26.0 Å². The molecule has 0 aliphatic heterocycles. The lowest BCUT2D eigenvalue weighted by atomic mass is 9.99. The van der Waals surface area contributed by atoms with Crippen molar-refractivity contribution in [1.82, 2.24) is 0 Å². The predicted molar refractivity (Wildman–Crippen MR) is 86.4 cm³/mol. The van der Waals surface area contributed by atoms with Crippen molar-refractivity contribution < 1.29 is 14.6 Å². The summed E-state index contributed by atoms with van der Waals surface area (Å²) in [4.78, 5) is 15.9. The zero-order valence-electron chi connectivity index (χ0n) is 12.7. The van der Waals surface area contributed by atoms with Crippen LogP contribution in [0.5, 0.6) is 5.75 Å². The van der Waals surface area contributed by atoms with Gasteiger partial charge < -0.3 is 9.84 Å². The third-order valence-electron chi connectivity index (χ3n) is 3.13. The van der Waals surface area contributed by atoms with Gasteiger partial charge in [0.15, 0.2) is 0 Å². The van der Waals surface area contributed by atoms with Crippen LogP contribution in [0.4, 0.5) is 0 Å². The van der Waals surface area contributed by atoms with Crippen LogP contribution in [0, 0.1) is 6.92 Å². The number of hydrogen-bond acceptors (Lipinski definition) is 4. The molecule has 0 heterocycles. The summed E-state index contributed by atoms with van der Waals surface area (Å²) in [6, 6.07) is 14.8. The van der Waals surface area contributed by atoms with E-state index < -0.39 is 0 Å². The first-order valence-corrected chi connectivity index (χ1v) is 7.17. The summed E-state index contributed by atoms with van der Waals surface area (Å²) in [5.41, 5.74) is 3.03. The number of hydrogen-bond donors (Lipinski definition) is 1. The molecule has 2 aromatic rings. The molecule has 0 saturated heterocycles. The predicted octanol–water partition coefficient (Wildman–Crippen LogP) is 3.10. The second-order valence-electron chi connectivity index (χ2n) is 4.86. The lowest BCUT2D eigenvalue weighted by molar-refractivity contribution is -0.141. The van der Waals surface area contributed by atoms with Crippen LogP contribution < -0.4 is 0 Å². The van der Waals surface area contributed by atoms with Crippen molar-refractivity contribution >= 4 is 11.7 Å². The monoisotopic (exact) mass is 297 g/mol. The van der Waals surface area contributed by atoms with Gasteiger partial charge in [0.05, 0.1) is 12.3 Å². The molecule has 0 aliphatic rings.